The van der Waals surface area contributed by atoms with Gasteiger partial charge in [0.1, 0.15) is 0 Å². The SMILES string of the molecule is Nc1cccc2c1C(=O)C=C(c1ccc(O)c(O)c1)C2=O. The molecule has 0 aliphatic heterocycles. The molecule has 0 heterocycles. The number of anilines is 1. The van der Waals surface area contributed by atoms with Gasteiger partial charge in [-0.25, -0.2) is 0 Å². The summed E-state index contributed by atoms with van der Waals surface area (Å²) in [4.78, 5) is 24.7. The van der Waals surface area contributed by atoms with E-state index in [0.29, 0.717) is 5.56 Å². The predicted molar refractivity (Wildman–Crippen MR) is 77.3 cm³/mol. The van der Waals surface area contributed by atoms with Crippen molar-refractivity contribution in [1.82, 2.24) is 0 Å². The third-order valence-electron chi connectivity index (χ3n) is 3.39. The van der Waals surface area contributed by atoms with Gasteiger partial charge < -0.3 is 15.9 Å². The zero-order chi connectivity index (χ0) is 15.1. The van der Waals surface area contributed by atoms with Gasteiger partial charge >= 0.3 is 0 Å². The standard InChI is InChI=1S/C16H11NO4/c17-11-3-1-2-9-15(11)14(20)7-10(16(9)21)8-4-5-12(18)13(19)6-8/h1-7,18-19H,17H2. The number of phenolic OH excluding ortho intramolecular Hbond substituents is 2. The molecular formula is C16H11NO4. The molecule has 2 aromatic rings. The molecule has 0 spiro atoms. The van der Waals surface area contributed by atoms with Crippen LogP contribution in [0.1, 0.15) is 26.3 Å². The minimum absolute atomic E-state index is 0.161. The van der Waals surface area contributed by atoms with Crippen molar-refractivity contribution >= 4 is 22.8 Å². The number of allylic oxidation sites excluding steroid dienone is 2. The van der Waals surface area contributed by atoms with Crippen molar-refractivity contribution in [3.63, 3.8) is 0 Å². The average molecular weight is 281 g/mol. The fourth-order valence-corrected chi connectivity index (χ4v) is 2.35. The summed E-state index contributed by atoms with van der Waals surface area (Å²) in [5, 5.41) is 18.8. The Kier molecular flexibility index (Phi) is 2.76. The van der Waals surface area contributed by atoms with Gasteiger partial charge in [0.2, 0.25) is 0 Å². The summed E-state index contributed by atoms with van der Waals surface area (Å²) in [6.07, 6.45) is 1.20. The molecule has 5 heteroatoms. The quantitative estimate of drug-likeness (QED) is 0.549. The van der Waals surface area contributed by atoms with Crippen LogP contribution in [0.25, 0.3) is 5.57 Å². The Morgan fingerprint density at radius 2 is 1.71 bits per heavy atom. The molecule has 1 aliphatic rings. The normalized spacial score (nSPS) is 13.8. The fraction of sp³-hybridized carbons (Fsp3) is 0. The third-order valence-corrected chi connectivity index (χ3v) is 3.39. The summed E-state index contributed by atoms with van der Waals surface area (Å²) in [7, 11) is 0. The Bertz CT molecular complexity index is 821. The lowest BCUT2D eigenvalue weighted by Gasteiger charge is -2.17. The van der Waals surface area contributed by atoms with Gasteiger partial charge in [0.05, 0.1) is 5.56 Å². The molecule has 0 amide bonds. The Morgan fingerprint density at radius 3 is 2.43 bits per heavy atom. The van der Waals surface area contributed by atoms with E-state index in [1.54, 1.807) is 18.2 Å². The van der Waals surface area contributed by atoms with Crippen molar-refractivity contribution < 1.29 is 19.8 Å². The molecule has 0 atom stereocenters. The van der Waals surface area contributed by atoms with Gasteiger partial charge in [0.25, 0.3) is 0 Å². The Hall–Kier alpha value is -3.08. The zero-order valence-corrected chi connectivity index (χ0v) is 10.8. The molecule has 2 aromatic carbocycles. The van der Waals surface area contributed by atoms with E-state index < -0.39 is 0 Å². The number of ketones is 2. The number of rotatable bonds is 1. The molecule has 3 rings (SSSR count). The van der Waals surface area contributed by atoms with E-state index in [4.69, 9.17) is 5.73 Å². The van der Waals surface area contributed by atoms with Crippen LogP contribution < -0.4 is 5.73 Å². The molecule has 0 unspecified atom stereocenters. The van der Waals surface area contributed by atoms with Crippen molar-refractivity contribution in [2.75, 3.05) is 5.73 Å². The van der Waals surface area contributed by atoms with Crippen LogP contribution in [0.15, 0.2) is 42.5 Å². The van der Waals surface area contributed by atoms with Gasteiger partial charge in [-0.05, 0) is 29.8 Å². The van der Waals surface area contributed by atoms with E-state index in [9.17, 15) is 19.8 Å². The zero-order valence-electron chi connectivity index (χ0n) is 10.8. The van der Waals surface area contributed by atoms with Crippen LogP contribution in [0.4, 0.5) is 5.69 Å². The van der Waals surface area contributed by atoms with Crippen LogP contribution in [0.2, 0.25) is 0 Å². The predicted octanol–water partition coefficient (Wildman–Crippen LogP) is 2.14. The lowest BCUT2D eigenvalue weighted by Crippen LogP contribution is -2.17. The number of hydrogen-bond acceptors (Lipinski definition) is 5. The Labute approximate surface area is 120 Å². The molecule has 0 bridgehead atoms. The van der Waals surface area contributed by atoms with Gasteiger partial charge in [-0.2, -0.15) is 0 Å². The van der Waals surface area contributed by atoms with Crippen molar-refractivity contribution in [3.05, 3.63) is 59.2 Å². The minimum atomic E-state index is -0.356. The van der Waals surface area contributed by atoms with E-state index in [0.717, 1.165) is 0 Å². The number of Topliss-reactive ketones (excluding diaryl/α,β-unsaturated/α-hetero) is 1. The molecule has 0 fully saturated rings. The number of hydrogen-bond donors (Lipinski definition) is 3. The number of carbonyl (C=O) groups is 2. The van der Waals surface area contributed by atoms with Crippen molar-refractivity contribution in [2.24, 2.45) is 0 Å². The number of phenols is 2. The Balaban J connectivity index is 2.17. The summed E-state index contributed by atoms with van der Waals surface area (Å²) >= 11 is 0. The summed E-state index contributed by atoms with van der Waals surface area (Å²) in [5.41, 5.74) is 6.97. The molecule has 21 heavy (non-hydrogen) atoms. The van der Waals surface area contributed by atoms with Crippen LogP contribution in [0.5, 0.6) is 11.5 Å². The fourth-order valence-electron chi connectivity index (χ4n) is 2.35. The van der Waals surface area contributed by atoms with Crippen LogP contribution in [-0.4, -0.2) is 21.8 Å². The second-order valence-corrected chi connectivity index (χ2v) is 4.72. The number of nitrogen functional groups attached to an aromatic ring is 1. The highest BCUT2D eigenvalue weighted by Gasteiger charge is 2.28. The Morgan fingerprint density at radius 1 is 0.952 bits per heavy atom. The molecule has 0 saturated heterocycles. The number of aromatic hydroxyl groups is 2. The first-order valence-corrected chi connectivity index (χ1v) is 6.20. The molecule has 0 saturated carbocycles. The first kappa shape index (κ1) is 12.9. The van der Waals surface area contributed by atoms with E-state index >= 15 is 0 Å². The third kappa shape index (κ3) is 1.95. The average Bonchev–Trinajstić information content (AvgIpc) is 2.45. The molecule has 104 valence electrons. The van der Waals surface area contributed by atoms with E-state index in [2.05, 4.69) is 0 Å². The highest BCUT2D eigenvalue weighted by molar-refractivity contribution is 6.39. The maximum Gasteiger partial charge on any atom is 0.194 e. The lowest BCUT2D eigenvalue weighted by molar-refractivity contribution is 0.100. The van der Waals surface area contributed by atoms with E-state index in [-0.39, 0.29) is 45.5 Å². The first-order chi connectivity index (χ1) is 9.99. The summed E-state index contributed by atoms with van der Waals surface area (Å²) in [5.74, 6) is -1.35. The second-order valence-electron chi connectivity index (χ2n) is 4.72. The van der Waals surface area contributed by atoms with Crippen molar-refractivity contribution in [2.45, 2.75) is 0 Å². The maximum atomic E-state index is 12.5. The summed E-state index contributed by atoms with van der Waals surface area (Å²) in [6.45, 7) is 0. The molecule has 0 radical (unpaired) electrons. The summed E-state index contributed by atoms with van der Waals surface area (Å²) in [6, 6.07) is 8.68. The number of carbonyl (C=O) groups excluding carboxylic acids is 2. The monoisotopic (exact) mass is 281 g/mol. The minimum Gasteiger partial charge on any atom is -0.504 e. The van der Waals surface area contributed by atoms with Gasteiger partial charge in [-0.3, -0.25) is 9.59 Å². The van der Waals surface area contributed by atoms with E-state index in [1.807, 2.05) is 0 Å². The second kappa shape index (κ2) is 4.49. The number of benzene rings is 2. The van der Waals surface area contributed by atoms with Gasteiger partial charge in [-0.1, -0.05) is 18.2 Å². The molecular weight excluding hydrogens is 270 g/mol. The smallest absolute Gasteiger partial charge is 0.194 e. The molecule has 0 aromatic heterocycles. The van der Waals surface area contributed by atoms with E-state index in [1.165, 1.54) is 24.3 Å². The molecule has 5 nitrogen and oxygen atoms in total. The highest BCUT2D eigenvalue weighted by Crippen LogP contribution is 2.34. The van der Waals surface area contributed by atoms with Crippen molar-refractivity contribution in [1.29, 1.82) is 0 Å². The van der Waals surface area contributed by atoms with Gasteiger partial charge in [0, 0.05) is 16.8 Å². The lowest BCUT2D eigenvalue weighted by atomic mass is 9.85. The van der Waals surface area contributed by atoms with Crippen LogP contribution in [0, 0.1) is 0 Å². The molecule has 1 aliphatic carbocycles. The topological polar surface area (TPSA) is 101 Å². The van der Waals surface area contributed by atoms with Gasteiger partial charge in [-0.15, -0.1) is 0 Å². The van der Waals surface area contributed by atoms with Crippen LogP contribution >= 0.6 is 0 Å². The highest BCUT2D eigenvalue weighted by atomic mass is 16.3. The van der Waals surface area contributed by atoms with Crippen LogP contribution in [0.3, 0.4) is 0 Å². The van der Waals surface area contributed by atoms with Gasteiger partial charge in [0.15, 0.2) is 23.1 Å². The molecule has 4 N–H and O–H groups in total. The van der Waals surface area contributed by atoms with Crippen LogP contribution in [-0.2, 0) is 0 Å². The number of fused-ring (bicyclic) bond motifs is 1. The maximum absolute atomic E-state index is 12.5. The largest absolute Gasteiger partial charge is 0.504 e. The number of nitrogens with two attached hydrogens (primary N) is 1. The first-order valence-electron chi connectivity index (χ1n) is 6.20. The summed E-state index contributed by atoms with van der Waals surface area (Å²) < 4.78 is 0. The van der Waals surface area contributed by atoms with Crippen molar-refractivity contribution in [3.8, 4) is 11.5 Å².